The first kappa shape index (κ1) is 14.8. The standard InChI is InChI=1S/C15H20ClFO2/c1-13(2)9-15(18,14(3,4)19-13)8-10-5-6-12(17)11(16)7-10/h5-7,18H,8-9H2,1-4H3. The summed E-state index contributed by atoms with van der Waals surface area (Å²) in [5.41, 5.74) is -1.21. The molecule has 2 rings (SSSR count). The number of halogens is 2. The molecule has 1 aliphatic heterocycles. The summed E-state index contributed by atoms with van der Waals surface area (Å²) >= 11 is 5.78. The lowest BCUT2D eigenvalue weighted by molar-refractivity contribution is -0.125. The Kier molecular flexibility index (Phi) is 3.45. The van der Waals surface area contributed by atoms with E-state index in [-0.39, 0.29) is 10.6 Å². The SMILES string of the molecule is CC1(C)CC(O)(Cc2ccc(F)c(Cl)c2)C(C)(C)O1. The third-order valence-corrected chi connectivity index (χ3v) is 4.14. The molecule has 4 heteroatoms. The van der Waals surface area contributed by atoms with Gasteiger partial charge in [0.1, 0.15) is 5.82 Å². The monoisotopic (exact) mass is 286 g/mol. The van der Waals surface area contributed by atoms with Crippen LogP contribution in [0.2, 0.25) is 5.02 Å². The number of hydrogen-bond donors (Lipinski definition) is 1. The molecular formula is C15H20ClFO2. The molecule has 1 aliphatic rings. The maximum Gasteiger partial charge on any atom is 0.141 e. The molecule has 0 radical (unpaired) electrons. The molecule has 1 aromatic rings. The number of benzene rings is 1. The molecule has 0 aromatic heterocycles. The molecule has 2 nitrogen and oxygen atoms in total. The second kappa shape index (κ2) is 4.44. The summed E-state index contributed by atoms with van der Waals surface area (Å²) in [5.74, 6) is -0.445. The fourth-order valence-electron chi connectivity index (χ4n) is 3.00. The van der Waals surface area contributed by atoms with Crippen molar-refractivity contribution in [3.8, 4) is 0 Å². The van der Waals surface area contributed by atoms with Crippen LogP contribution in [0.15, 0.2) is 18.2 Å². The molecule has 0 aliphatic carbocycles. The van der Waals surface area contributed by atoms with Gasteiger partial charge in [0.25, 0.3) is 0 Å². The number of hydrogen-bond acceptors (Lipinski definition) is 2. The van der Waals surface area contributed by atoms with Crippen molar-refractivity contribution < 1.29 is 14.2 Å². The van der Waals surface area contributed by atoms with Gasteiger partial charge in [0.15, 0.2) is 0 Å². The zero-order chi connectivity index (χ0) is 14.5. The predicted octanol–water partition coefficient (Wildman–Crippen LogP) is 3.73. The van der Waals surface area contributed by atoms with Gasteiger partial charge in [0.05, 0.1) is 21.8 Å². The van der Waals surface area contributed by atoms with Crippen LogP contribution in [0.4, 0.5) is 4.39 Å². The maximum absolute atomic E-state index is 13.2. The lowest BCUT2D eigenvalue weighted by Gasteiger charge is -2.35. The normalized spacial score (nSPS) is 28.6. The Hall–Kier alpha value is -0.640. The lowest BCUT2D eigenvalue weighted by atomic mass is 9.78. The van der Waals surface area contributed by atoms with Crippen molar-refractivity contribution >= 4 is 11.6 Å². The third-order valence-electron chi connectivity index (χ3n) is 3.85. The summed E-state index contributed by atoms with van der Waals surface area (Å²) < 4.78 is 19.1. The van der Waals surface area contributed by atoms with Crippen LogP contribution >= 0.6 is 11.6 Å². The van der Waals surface area contributed by atoms with E-state index >= 15 is 0 Å². The number of rotatable bonds is 2. The Morgan fingerprint density at radius 2 is 1.95 bits per heavy atom. The quantitative estimate of drug-likeness (QED) is 0.898. The number of aliphatic hydroxyl groups is 1. The van der Waals surface area contributed by atoms with E-state index in [0.717, 1.165) is 5.56 Å². The summed E-state index contributed by atoms with van der Waals surface area (Å²) in [7, 11) is 0. The van der Waals surface area contributed by atoms with E-state index in [4.69, 9.17) is 16.3 Å². The van der Waals surface area contributed by atoms with Crippen LogP contribution in [-0.2, 0) is 11.2 Å². The van der Waals surface area contributed by atoms with Crippen LogP contribution in [0.3, 0.4) is 0 Å². The van der Waals surface area contributed by atoms with Gasteiger partial charge in [-0.15, -0.1) is 0 Å². The number of ether oxygens (including phenoxy) is 1. The van der Waals surface area contributed by atoms with Crippen molar-refractivity contribution in [2.24, 2.45) is 0 Å². The van der Waals surface area contributed by atoms with E-state index in [2.05, 4.69) is 0 Å². The van der Waals surface area contributed by atoms with E-state index in [9.17, 15) is 9.50 Å². The average molecular weight is 287 g/mol. The Bertz CT molecular complexity index is 499. The van der Waals surface area contributed by atoms with Crippen molar-refractivity contribution in [2.45, 2.75) is 57.3 Å². The van der Waals surface area contributed by atoms with Gasteiger partial charge in [0, 0.05) is 12.8 Å². The second-order valence-electron chi connectivity index (χ2n) is 6.51. The molecule has 106 valence electrons. The minimum Gasteiger partial charge on any atom is -0.386 e. The molecule has 0 saturated carbocycles. The van der Waals surface area contributed by atoms with Gasteiger partial charge in [-0.25, -0.2) is 4.39 Å². The first-order valence-electron chi connectivity index (χ1n) is 6.41. The molecule has 1 unspecified atom stereocenters. The highest BCUT2D eigenvalue weighted by Gasteiger charge is 2.56. The maximum atomic E-state index is 13.2. The largest absolute Gasteiger partial charge is 0.386 e. The molecule has 0 amide bonds. The van der Waals surface area contributed by atoms with Crippen LogP contribution in [0.5, 0.6) is 0 Å². The molecule has 0 spiro atoms. The molecular weight excluding hydrogens is 267 g/mol. The summed E-state index contributed by atoms with van der Waals surface area (Å²) in [6.45, 7) is 7.69. The van der Waals surface area contributed by atoms with Crippen molar-refractivity contribution in [1.29, 1.82) is 0 Å². The first-order valence-corrected chi connectivity index (χ1v) is 6.79. The molecule has 0 bridgehead atoms. The second-order valence-corrected chi connectivity index (χ2v) is 6.91. The molecule has 1 atom stereocenters. The van der Waals surface area contributed by atoms with Crippen LogP contribution in [0.25, 0.3) is 0 Å². The van der Waals surface area contributed by atoms with E-state index < -0.39 is 17.0 Å². The predicted molar refractivity (Wildman–Crippen MR) is 73.9 cm³/mol. The van der Waals surface area contributed by atoms with Crippen molar-refractivity contribution in [3.05, 3.63) is 34.6 Å². The topological polar surface area (TPSA) is 29.5 Å². The third kappa shape index (κ3) is 2.78. The molecule has 1 saturated heterocycles. The van der Waals surface area contributed by atoms with Gasteiger partial charge in [-0.3, -0.25) is 0 Å². The Balaban J connectivity index is 2.28. The molecule has 19 heavy (non-hydrogen) atoms. The van der Waals surface area contributed by atoms with Gasteiger partial charge in [-0.2, -0.15) is 0 Å². The van der Waals surface area contributed by atoms with Crippen LogP contribution < -0.4 is 0 Å². The Morgan fingerprint density at radius 3 is 2.42 bits per heavy atom. The fraction of sp³-hybridized carbons (Fsp3) is 0.600. The van der Waals surface area contributed by atoms with Crippen molar-refractivity contribution in [1.82, 2.24) is 0 Å². The van der Waals surface area contributed by atoms with Gasteiger partial charge < -0.3 is 9.84 Å². The lowest BCUT2D eigenvalue weighted by Crippen LogP contribution is -2.48. The first-order chi connectivity index (χ1) is 8.55. The highest BCUT2D eigenvalue weighted by atomic mass is 35.5. The van der Waals surface area contributed by atoms with E-state index in [1.54, 1.807) is 12.1 Å². The molecule has 1 N–H and O–H groups in total. The van der Waals surface area contributed by atoms with Crippen LogP contribution in [0.1, 0.15) is 39.7 Å². The van der Waals surface area contributed by atoms with Crippen molar-refractivity contribution in [3.63, 3.8) is 0 Å². The average Bonchev–Trinajstić information content (AvgIpc) is 2.36. The summed E-state index contributed by atoms with van der Waals surface area (Å²) in [5, 5.41) is 11.0. The van der Waals surface area contributed by atoms with E-state index in [0.29, 0.717) is 12.8 Å². The zero-order valence-electron chi connectivity index (χ0n) is 11.8. The van der Waals surface area contributed by atoms with Crippen LogP contribution in [-0.4, -0.2) is 21.9 Å². The van der Waals surface area contributed by atoms with Gasteiger partial charge in [-0.05, 0) is 45.4 Å². The minimum absolute atomic E-state index is 0.0806. The van der Waals surface area contributed by atoms with Gasteiger partial charge in [-0.1, -0.05) is 17.7 Å². The Labute approximate surface area is 118 Å². The molecule has 1 fully saturated rings. The zero-order valence-corrected chi connectivity index (χ0v) is 12.5. The smallest absolute Gasteiger partial charge is 0.141 e. The van der Waals surface area contributed by atoms with Crippen LogP contribution in [0, 0.1) is 5.82 Å². The fourth-order valence-corrected chi connectivity index (χ4v) is 3.20. The minimum atomic E-state index is -0.988. The van der Waals surface area contributed by atoms with Crippen molar-refractivity contribution in [2.75, 3.05) is 0 Å². The summed E-state index contributed by atoms with van der Waals surface area (Å²) in [4.78, 5) is 0. The van der Waals surface area contributed by atoms with Gasteiger partial charge in [0.2, 0.25) is 0 Å². The Morgan fingerprint density at radius 1 is 1.32 bits per heavy atom. The summed E-state index contributed by atoms with van der Waals surface area (Å²) in [6.07, 6.45) is 0.922. The van der Waals surface area contributed by atoms with Gasteiger partial charge >= 0.3 is 0 Å². The van der Waals surface area contributed by atoms with E-state index in [1.807, 2.05) is 27.7 Å². The highest BCUT2D eigenvalue weighted by Crippen LogP contribution is 2.46. The summed E-state index contributed by atoms with van der Waals surface area (Å²) in [6, 6.07) is 4.55. The molecule has 1 aromatic carbocycles. The highest BCUT2D eigenvalue weighted by molar-refractivity contribution is 6.30. The van der Waals surface area contributed by atoms with E-state index in [1.165, 1.54) is 6.07 Å². The molecule has 1 heterocycles.